The summed E-state index contributed by atoms with van der Waals surface area (Å²) in [7, 11) is 0. The maximum Gasteiger partial charge on any atom is 0.286 e. The average molecular weight is 501 g/mol. The van der Waals surface area contributed by atoms with Crippen LogP contribution in [0.25, 0.3) is 0 Å². The van der Waals surface area contributed by atoms with Gasteiger partial charge in [-0.05, 0) is 79.5 Å². The molecule has 2 aromatic carbocycles. The molecule has 2 amide bonds. The predicted molar refractivity (Wildman–Crippen MR) is 142 cm³/mol. The van der Waals surface area contributed by atoms with Gasteiger partial charge < -0.3 is 19.4 Å². The number of nitrogens with one attached hydrogen (secondary N) is 1. The Kier molecular flexibility index (Phi) is 7.36. The first-order valence-electron chi connectivity index (χ1n) is 13.4. The number of aryl methyl sites for hydroxylation is 1. The van der Waals surface area contributed by atoms with E-state index in [1.807, 2.05) is 6.07 Å². The Bertz CT molecular complexity index is 1270. The second kappa shape index (κ2) is 10.8. The van der Waals surface area contributed by atoms with Gasteiger partial charge >= 0.3 is 0 Å². The molecule has 194 valence electrons. The summed E-state index contributed by atoms with van der Waals surface area (Å²) in [5.41, 5.74) is 4.68. The molecular formula is C31H36N2O4. The molecule has 0 bridgehead atoms. The number of nitrogens with zero attached hydrogens (tertiary/aromatic N) is 1. The minimum absolute atomic E-state index is 0.120. The van der Waals surface area contributed by atoms with E-state index in [-0.39, 0.29) is 30.4 Å². The van der Waals surface area contributed by atoms with E-state index in [0.717, 1.165) is 49.1 Å². The van der Waals surface area contributed by atoms with Gasteiger partial charge in [0.1, 0.15) is 18.1 Å². The number of furan rings is 1. The van der Waals surface area contributed by atoms with Gasteiger partial charge in [-0.2, -0.15) is 0 Å². The zero-order valence-corrected chi connectivity index (χ0v) is 22.0. The van der Waals surface area contributed by atoms with Crippen molar-refractivity contribution in [3.63, 3.8) is 0 Å². The molecule has 2 heterocycles. The third-order valence-corrected chi connectivity index (χ3v) is 7.19. The second-order valence-electron chi connectivity index (χ2n) is 10.7. The van der Waals surface area contributed by atoms with Crippen molar-refractivity contribution in [3.05, 3.63) is 88.4 Å². The highest BCUT2D eigenvalue weighted by molar-refractivity contribution is 5.91. The predicted octanol–water partition coefficient (Wildman–Crippen LogP) is 5.83. The monoisotopic (exact) mass is 500 g/mol. The van der Waals surface area contributed by atoms with Crippen LogP contribution in [0.15, 0.2) is 59.0 Å². The summed E-state index contributed by atoms with van der Waals surface area (Å²) in [4.78, 5) is 27.6. The number of fused-ring (bicyclic) bond motifs is 1. The van der Waals surface area contributed by atoms with Gasteiger partial charge in [-0.25, -0.2) is 0 Å². The average Bonchev–Trinajstić information content (AvgIpc) is 3.63. The van der Waals surface area contributed by atoms with Crippen LogP contribution in [0.5, 0.6) is 5.75 Å². The lowest BCUT2D eigenvalue weighted by Crippen LogP contribution is -2.41. The molecular weight excluding hydrogens is 464 g/mol. The molecule has 1 fully saturated rings. The minimum atomic E-state index is -0.206. The molecule has 3 aromatic rings. The van der Waals surface area contributed by atoms with Crippen LogP contribution < -0.4 is 10.1 Å². The number of hydrogen-bond donors (Lipinski definition) is 1. The molecule has 5 rings (SSSR count). The number of hydrogen-bond acceptors (Lipinski definition) is 4. The molecule has 1 aliphatic heterocycles. The van der Waals surface area contributed by atoms with E-state index in [0.29, 0.717) is 24.0 Å². The van der Waals surface area contributed by atoms with Crippen LogP contribution in [0.2, 0.25) is 0 Å². The van der Waals surface area contributed by atoms with Crippen LogP contribution in [-0.2, 0) is 17.8 Å². The second-order valence-corrected chi connectivity index (χ2v) is 10.7. The molecule has 6 heteroatoms. The van der Waals surface area contributed by atoms with E-state index in [2.05, 4.69) is 67.4 Å². The van der Waals surface area contributed by atoms with Crippen molar-refractivity contribution in [1.82, 2.24) is 10.2 Å². The number of ether oxygens (including phenoxy) is 1. The van der Waals surface area contributed by atoms with Gasteiger partial charge in [-0.1, -0.05) is 49.7 Å². The Labute approximate surface area is 219 Å². The largest absolute Gasteiger partial charge is 0.486 e. The molecule has 1 atom stereocenters. The molecule has 1 N–H and O–H groups in total. The molecule has 1 unspecified atom stereocenters. The number of carbonyl (C=O) groups is 2. The Hall–Kier alpha value is -3.54. The summed E-state index contributed by atoms with van der Waals surface area (Å²) in [6.07, 6.45) is 3.75. The highest BCUT2D eigenvalue weighted by atomic mass is 16.5. The molecule has 0 radical (unpaired) electrons. The highest BCUT2D eigenvalue weighted by Gasteiger charge is 2.39. The number of rotatable bonds is 9. The lowest BCUT2D eigenvalue weighted by Gasteiger charge is -2.38. The van der Waals surface area contributed by atoms with Crippen LogP contribution >= 0.6 is 0 Å². The number of benzene rings is 2. The van der Waals surface area contributed by atoms with E-state index in [9.17, 15) is 9.59 Å². The van der Waals surface area contributed by atoms with Crippen LogP contribution in [0, 0.1) is 18.8 Å². The molecule has 0 spiro atoms. The Morgan fingerprint density at radius 1 is 1.11 bits per heavy atom. The molecule has 6 nitrogen and oxygen atoms in total. The first-order valence-corrected chi connectivity index (χ1v) is 13.4. The summed E-state index contributed by atoms with van der Waals surface area (Å²) >= 11 is 0. The Balaban J connectivity index is 1.32. The number of carbonyl (C=O) groups excluding carboxylic acids is 2. The summed E-state index contributed by atoms with van der Waals surface area (Å²) in [6, 6.07) is 17.9. The van der Waals surface area contributed by atoms with Gasteiger partial charge in [0.05, 0.1) is 6.04 Å². The third kappa shape index (κ3) is 5.90. The molecule has 1 aromatic heterocycles. The molecule has 0 saturated heterocycles. The Morgan fingerprint density at radius 3 is 2.70 bits per heavy atom. The van der Waals surface area contributed by atoms with Crippen molar-refractivity contribution in [1.29, 1.82) is 0 Å². The van der Waals surface area contributed by atoms with Gasteiger partial charge in [0.2, 0.25) is 5.91 Å². The zero-order valence-electron chi connectivity index (χ0n) is 22.0. The van der Waals surface area contributed by atoms with Crippen LogP contribution in [0.3, 0.4) is 0 Å². The van der Waals surface area contributed by atoms with Crippen molar-refractivity contribution in [3.8, 4) is 5.75 Å². The van der Waals surface area contributed by atoms with Crippen molar-refractivity contribution >= 4 is 11.8 Å². The van der Waals surface area contributed by atoms with Crippen molar-refractivity contribution in [2.75, 3.05) is 13.1 Å². The summed E-state index contributed by atoms with van der Waals surface area (Å²) in [5, 5.41) is 2.90. The molecule has 1 saturated carbocycles. The fourth-order valence-electron chi connectivity index (χ4n) is 4.98. The van der Waals surface area contributed by atoms with E-state index in [1.54, 1.807) is 12.1 Å². The fourth-order valence-corrected chi connectivity index (χ4v) is 4.98. The zero-order chi connectivity index (χ0) is 25.9. The van der Waals surface area contributed by atoms with Crippen LogP contribution in [0.4, 0.5) is 0 Å². The van der Waals surface area contributed by atoms with Gasteiger partial charge in [0.15, 0.2) is 5.76 Å². The molecule has 1 aliphatic carbocycles. The van der Waals surface area contributed by atoms with Crippen molar-refractivity contribution in [2.45, 2.75) is 59.1 Å². The van der Waals surface area contributed by atoms with Gasteiger partial charge in [-0.15, -0.1) is 0 Å². The summed E-state index contributed by atoms with van der Waals surface area (Å²) in [5.74, 6) is 2.36. The first-order chi connectivity index (χ1) is 17.9. The Morgan fingerprint density at radius 2 is 1.95 bits per heavy atom. The SMILES string of the molecule is Cc1cccc(C2c3cc(OCc4ccc(C(=O)NCCC(C)C)o4)ccc3CCN2C(=O)C2CC2)c1. The van der Waals surface area contributed by atoms with E-state index in [4.69, 9.17) is 9.15 Å². The quantitative estimate of drug-likeness (QED) is 0.401. The van der Waals surface area contributed by atoms with E-state index >= 15 is 0 Å². The molecule has 37 heavy (non-hydrogen) atoms. The van der Waals surface area contributed by atoms with Crippen LogP contribution in [0.1, 0.15) is 77.7 Å². The fraction of sp³-hybridized carbons (Fsp3) is 0.419. The minimum Gasteiger partial charge on any atom is -0.486 e. The lowest BCUT2D eigenvalue weighted by molar-refractivity contribution is -0.134. The van der Waals surface area contributed by atoms with Crippen molar-refractivity contribution in [2.24, 2.45) is 11.8 Å². The normalized spacial score (nSPS) is 17.0. The maximum absolute atomic E-state index is 13.2. The van der Waals surface area contributed by atoms with Crippen LogP contribution in [-0.4, -0.2) is 29.8 Å². The third-order valence-electron chi connectivity index (χ3n) is 7.19. The topological polar surface area (TPSA) is 71.8 Å². The standard InChI is InChI=1S/C31H36N2O4/c1-20(2)13-15-32-30(34)28-12-11-26(37-28)19-36-25-10-9-22-14-16-33(31(35)23-7-8-23)29(27(22)18-25)24-6-4-5-21(3)17-24/h4-6,9-12,17-18,20,23,29H,7-8,13-16,19H2,1-3H3,(H,32,34). The van der Waals surface area contributed by atoms with Crippen molar-refractivity contribution < 1.29 is 18.7 Å². The summed E-state index contributed by atoms with van der Waals surface area (Å²) < 4.78 is 11.8. The number of amides is 2. The first kappa shape index (κ1) is 25.1. The lowest BCUT2D eigenvalue weighted by atomic mass is 9.87. The maximum atomic E-state index is 13.2. The summed E-state index contributed by atoms with van der Waals surface area (Å²) in [6.45, 7) is 7.91. The van der Waals surface area contributed by atoms with Gasteiger partial charge in [0, 0.05) is 19.0 Å². The van der Waals surface area contributed by atoms with E-state index < -0.39 is 0 Å². The molecule has 2 aliphatic rings. The van der Waals surface area contributed by atoms with E-state index in [1.165, 1.54) is 11.1 Å². The smallest absolute Gasteiger partial charge is 0.286 e. The van der Waals surface area contributed by atoms with Gasteiger partial charge in [0.25, 0.3) is 5.91 Å². The van der Waals surface area contributed by atoms with Gasteiger partial charge in [-0.3, -0.25) is 9.59 Å². The highest BCUT2D eigenvalue weighted by Crippen LogP contribution is 2.41.